The van der Waals surface area contributed by atoms with Crippen molar-refractivity contribution < 1.29 is 0 Å². The van der Waals surface area contributed by atoms with Crippen molar-refractivity contribution in [3.05, 3.63) is 84.2 Å². The number of aromatic nitrogens is 2. The van der Waals surface area contributed by atoms with E-state index in [1.54, 1.807) is 0 Å². The Morgan fingerprint density at radius 1 is 0.889 bits per heavy atom. The molecule has 132 valence electrons. The highest BCUT2D eigenvalue weighted by Gasteiger charge is 2.27. The van der Waals surface area contributed by atoms with E-state index in [0.29, 0.717) is 12.5 Å². The molecule has 0 bridgehead atoms. The minimum atomic E-state index is 0.549. The zero-order valence-electron chi connectivity index (χ0n) is 15.1. The Hall–Kier alpha value is -3.04. The van der Waals surface area contributed by atoms with Gasteiger partial charge in [-0.1, -0.05) is 54.6 Å². The molecule has 0 aliphatic heterocycles. The van der Waals surface area contributed by atoms with Gasteiger partial charge in [-0.2, -0.15) is 0 Å². The van der Waals surface area contributed by atoms with Gasteiger partial charge in [0.2, 0.25) is 0 Å². The van der Waals surface area contributed by atoms with Crippen molar-refractivity contribution in [3.63, 3.8) is 0 Å². The fourth-order valence-electron chi connectivity index (χ4n) is 3.66. The molecule has 2 aromatic heterocycles. The minimum Gasteiger partial charge on any atom is -0.326 e. The number of hydrogen-bond donors (Lipinski definition) is 1. The van der Waals surface area contributed by atoms with E-state index < -0.39 is 0 Å². The summed E-state index contributed by atoms with van der Waals surface area (Å²) in [5.41, 5.74) is 13.5. The van der Waals surface area contributed by atoms with E-state index in [-0.39, 0.29) is 0 Å². The van der Waals surface area contributed by atoms with Crippen LogP contribution in [0.3, 0.4) is 0 Å². The molecule has 3 heteroatoms. The van der Waals surface area contributed by atoms with Crippen molar-refractivity contribution in [2.24, 2.45) is 5.73 Å². The van der Waals surface area contributed by atoms with Crippen molar-refractivity contribution in [2.45, 2.75) is 25.3 Å². The summed E-state index contributed by atoms with van der Waals surface area (Å²) in [4.78, 5) is 9.75. The standard InChI is InChI=1S/C24H21N3/c25-15-16-6-8-19(9-7-16)24-20(17-4-2-1-3-5-17)14-21-22(27-24)12-13-26-23(21)18-10-11-18/h1-9,12-14,18H,10-11,15,25H2. The largest absolute Gasteiger partial charge is 0.326 e. The summed E-state index contributed by atoms with van der Waals surface area (Å²) in [5.74, 6) is 0.591. The smallest absolute Gasteiger partial charge is 0.0788 e. The van der Waals surface area contributed by atoms with E-state index in [1.165, 1.54) is 29.5 Å². The van der Waals surface area contributed by atoms with E-state index in [1.807, 2.05) is 18.3 Å². The molecule has 1 saturated carbocycles. The van der Waals surface area contributed by atoms with Crippen LogP contribution in [-0.2, 0) is 6.54 Å². The average Bonchev–Trinajstić information content (AvgIpc) is 3.58. The minimum absolute atomic E-state index is 0.549. The molecular weight excluding hydrogens is 330 g/mol. The van der Waals surface area contributed by atoms with Gasteiger partial charge in [-0.3, -0.25) is 4.98 Å². The van der Waals surface area contributed by atoms with Crippen molar-refractivity contribution in [1.29, 1.82) is 0 Å². The average molecular weight is 351 g/mol. The third-order valence-electron chi connectivity index (χ3n) is 5.29. The summed E-state index contributed by atoms with van der Waals surface area (Å²) in [6.45, 7) is 0.549. The van der Waals surface area contributed by atoms with Crippen LogP contribution in [0, 0.1) is 0 Å². The van der Waals surface area contributed by atoms with Crippen LogP contribution < -0.4 is 5.73 Å². The SMILES string of the molecule is NCc1ccc(-c2nc3ccnc(C4CC4)c3cc2-c2ccccc2)cc1. The maximum absolute atomic E-state index is 5.76. The fraction of sp³-hybridized carbons (Fsp3) is 0.167. The fourth-order valence-corrected chi connectivity index (χ4v) is 3.66. The number of hydrogen-bond acceptors (Lipinski definition) is 3. The quantitative estimate of drug-likeness (QED) is 0.543. The van der Waals surface area contributed by atoms with Crippen LogP contribution in [0.15, 0.2) is 72.9 Å². The molecule has 0 saturated heterocycles. The second kappa shape index (κ2) is 6.60. The first kappa shape index (κ1) is 16.2. The molecule has 1 fully saturated rings. The highest BCUT2D eigenvalue weighted by atomic mass is 14.8. The zero-order valence-corrected chi connectivity index (χ0v) is 15.1. The summed E-state index contributed by atoms with van der Waals surface area (Å²) < 4.78 is 0. The zero-order chi connectivity index (χ0) is 18.2. The molecule has 3 nitrogen and oxygen atoms in total. The van der Waals surface area contributed by atoms with Crippen LogP contribution in [0.25, 0.3) is 33.3 Å². The highest BCUT2D eigenvalue weighted by Crippen LogP contribution is 2.43. The number of fused-ring (bicyclic) bond motifs is 1. The van der Waals surface area contributed by atoms with Gasteiger partial charge in [-0.05, 0) is 36.1 Å². The lowest BCUT2D eigenvalue weighted by atomic mass is 9.96. The number of pyridine rings is 2. The molecule has 2 heterocycles. The molecule has 1 aliphatic rings. The molecule has 5 rings (SSSR count). The summed E-state index contributed by atoms with van der Waals surface area (Å²) in [6.07, 6.45) is 4.36. The van der Waals surface area contributed by atoms with E-state index in [9.17, 15) is 0 Å². The van der Waals surface area contributed by atoms with Gasteiger partial charge in [0.25, 0.3) is 0 Å². The van der Waals surface area contributed by atoms with Crippen LogP contribution in [0.4, 0.5) is 0 Å². The lowest BCUT2D eigenvalue weighted by Gasteiger charge is -2.13. The molecule has 1 aliphatic carbocycles. The van der Waals surface area contributed by atoms with E-state index in [0.717, 1.165) is 27.9 Å². The Labute approximate surface area is 158 Å². The first-order valence-corrected chi connectivity index (χ1v) is 9.48. The Kier molecular flexibility index (Phi) is 3.95. The monoisotopic (exact) mass is 351 g/mol. The van der Waals surface area contributed by atoms with Gasteiger partial charge in [0.15, 0.2) is 0 Å². The molecule has 0 unspecified atom stereocenters. The number of benzene rings is 2. The first-order chi connectivity index (χ1) is 13.3. The molecule has 0 radical (unpaired) electrons. The number of nitrogens with zero attached hydrogens (tertiary/aromatic N) is 2. The Morgan fingerprint density at radius 3 is 2.37 bits per heavy atom. The predicted octanol–water partition coefficient (Wildman–Crippen LogP) is 5.30. The maximum atomic E-state index is 5.76. The van der Waals surface area contributed by atoms with E-state index in [4.69, 9.17) is 10.7 Å². The lowest BCUT2D eigenvalue weighted by molar-refractivity contribution is 1.04. The van der Waals surface area contributed by atoms with Gasteiger partial charge in [0.05, 0.1) is 16.9 Å². The van der Waals surface area contributed by atoms with Gasteiger partial charge in [-0.25, -0.2) is 4.98 Å². The summed E-state index contributed by atoms with van der Waals surface area (Å²) in [5, 5.41) is 1.18. The normalized spacial score (nSPS) is 13.8. The molecule has 0 spiro atoms. The molecule has 27 heavy (non-hydrogen) atoms. The molecular formula is C24H21N3. The van der Waals surface area contributed by atoms with Crippen LogP contribution in [0.2, 0.25) is 0 Å². The maximum Gasteiger partial charge on any atom is 0.0788 e. The molecule has 2 N–H and O–H groups in total. The van der Waals surface area contributed by atoms with E-state index in [2.05, 4.69) is 59.6 Å². The molecule has 2 aromatic carbocycles. The van der Waals surface area contributed by atoms with Crippen molar-refractivity contribution in [1.82, 2.24) is 9.97 Å². The number of rotatable bonds is 4. The molecule has 4 aromatic rings. The van der Waals surface area contributed by atoms with Crippen molar-refractivity contribution in [3.8, 4) is 22.4 Å². The van der Waals surface area contributed by atoms with Crippen LogP contribution in [0.5, 0.6) is 0 Å². The Bertz CT molecular complexity index is 1100. The van der Waals surface area contributed by atoms with Crippen LogP contribution >= 0.6 is 0 Å². The predicted molar refractivity (Wildman–Crippen MR) is 110 cm³/mol. The Balaban J connectivity index is 1.77. The Morgan fingerprint density at radius 2 is 1.67 bits per heavy atom. The van der Waals surface area contributed by atoms with Crippen molar-refractivity contribution >= 4 is 10.9 Å². The van der Waals surface area contributed by atoms with Gasteiger partial charge in [0.1, 0.15) is 0 Å². The van der Waals surface area contributed by atoms with Gasteiger partial charge in [-0.15, -0.1) is 0 Å². The van der Waals surface area contributed by atoms with Crippen LogP contribution in [0.1, 0.15) is 30.0 Å². The van der Waals surface area contributed by atoms with Crippen molar-refractivity contribution in [2.75, 3.05) is 0 Å². The van der Waals surface area contributed by atoms with Gasteiger partial charge >= 0.3 is 0 Å². The summed E-state index contributed by atoms with van der Waals surface area (Å²) >= 11 is 0. The van der Waals surface area contributed by atoms with Gasteiger partial charge < -0.3 is 5.73 Å². The molecule has 0 amide bonds. The third kappa shape index (κ3) is 3.00. The second-order valence-corrected chi connectivity index (χ2v) is 7.19. The summed E-state index contributed by atoms with van der Waals surface area (Å²) in [6, 6.07) is 23.2. The first-order valence-electron chi connectivity index (χ1n) is 9.48. The van der Waals surface area contributed by atoms with Crippen LogP contribution in [-0.4, -0.2) is 9.97 Å². The second-order valence-electron chi connectivity index (χ2n) is 7.19. The lowest BCUT2D eigenvalue weighted by Crippen LogP contribution is -1.97. The van der Waals surface area contributed by atoms with E-state index >= 15 is 0 Å². The van der Waals surface area contributed by atoms with Gasteiger partial charge in [0, 0.05) is 35.2 Å². The summed E-state index contributed by atoms with van der Waals surface area (Å²) in [7, 11) is 0. The molecule has 0 atom stereocenters. The number of nitrogens with two attached hydrogens (primary N) is 1. The third-order valence-corrected chi connectivity index (χ3v) is 5.29. The topological polar surface area (TPSA) is 51.8 Å². The highest BCUT2D eigenvalue weighted by molar-refractivity contribution is 5.93.